The fourth-order valence-corrected chi connectivity index (χ4v) is 2.15. The quantitative estimate of drug-likeness (QED) is 0.885. The van der Waals surface area contributed by atoms with Crippen LogP contribution in [0.1, 0.15) is 19.4 Å². The molecule has 0 aromatic heterocycles. The summed E-state index contributed by atoms with van der Waals surface area (Å²) in [6.45, 7) is 6.87. The van der Waals surface area contributed by atoms with Crippen LogP contribution in [0.5, 0.6) is 0 Å². The van der Waals surface area contributed by atoms with E-state index in [1.165, 1.54) is 5.56 Å². The third kappa shape index (κ3) is 4.47. The fraction of sp³-hybridized carbons (Fsp3) is 0.533. The number of benzene rings is 1. The van der Waals surface area contributed by atoms with Gasteiger partial charge in [-0.2, -0.15) is 0 Å². The smallest absolute Gasteiger partial charge is 0.250 e. The third-order valence-corrected chi connectivity index (χ3v) is 3.48. The van der Waals surface area contributed by atoms with Crippen LogP contribution < -0.4 is 10.6 Å². The van der Waals surface area contributed by atoms with Crippen molar-refractivity contribution in [3.63, 3.8) is 0 Å². The molecular weight excluding hydrogens is 276 g/mol. The average molecular weight is 299 g/mol. The summed E-state index contributed by atoms with van der Waals surface area (Å²) in [5.74, 6) is -0.0313. The van der Waals surface area contributed by atoms with Gasteiger partial charge in [-0.15, -0.1) is 12.4 Å². The number of nitrogens with one attached hydrogen (secondary N) is 2. The number of rotatable bonds is 4. The molecular formula is C15H23ClN2O2. The highest BCUT2D eigenvalue weighted by Crippen LogP contribution is 2.21. The molecule has 4 nitrogen and oxygen atoms in total. The summed E-state index contributed by atoms with van der Waals surface area (Å²) in [4.78, 5) is 12.0. The summed E-state index contributed by atoms with van der Waals surface area (Å²) >= 11 is 0. The Bertz CT molecular complexity index is 417. The van der Waals surface area contributed by atoms with E-state index >= 15 is 0 Å². The number of carbonyl (C=O) groups excluding carboxylic acids is 1. The molecule has 2 rings (SSSR count). The molecule has 112 valence electrons. The number of hydrogen-bond donors (Lipinski definition) is 2. The van der Waals surface area contributed by atoms with Gasteiger partial charge in [0.25, 0.3) is 0 Å². The number of morpholine rings is 1. The van der Waals surface area contributed by atoms with Crippen molar-refractivity contribution in [2.75, 3.05) is 26.2 Å². The Morgan fingerprint density at radius 2 is 2.10 bits per heavy atom. The Kier molecular flexibility index (Phi) is 6.46. The second-order valence-corrected chi connectivity index (χ2v) is 5.53. The normalized spacial score (nSPS) is 19.0. The lowest BCUT2D eigenvalue weighted by Crippen LogP contribution is -2.49. The van der Waals surface area contributed by atoms with Crippen LogP contribution in [-0.4, -0.2) is 38.3 Å². The Morgan fingerprint density at radius 3 is 2.70 bits per heavy atom. The van der Waals surface area contributed by atoms with Crippen LogP contribution in [0.25, 0.3) is 0 Å². The van der Waals surface area contributed by atoms with Gasteiger partial charge in [-0.3, -0.25) is 4.79 Å². The summed E-state index contributed by atoms with van der Waals surface area (Å²) in [7, 11) is 0. The van der Waals surface area contributed by atoms with Crippen LogP contribution in [0.15, 0.2) is 30.3 Å². The average Bonchev–Trinajstić information content (AvgIpc) is 2.47. The van der Waals surface area contributed by atoms with Gasteiger partial charge in [-0.05, 0) is 5.56 Å². The number of halogens is 1. The van der Waals surface area contributed by atoms with Crippen molar-refractivity contribution in [2.45, 2.75) is 25.4 Å². The van der Waals surface area contributed by atoms with Gasteiger partial charge >= 0.3 is 0 Å². The van der Waals surface area contributed by atoms with Crippen LogP contribution in [0.3, 0.4) is 0 Å². The Morgan fingerprint density at radius 1 is 1.40 bits per heavy atom. The van der Waals surface area contributed by atoms with Crippen molar-refractivity contribution < 1.29 is 9.53 Å². The molecule has 1 saturated heterocycles. The van der Waals surface area contributed by atoms with Crippen LogP contribution in [0, 0.1) is 0 Å². The minimum atomic E-state index is -0.361. The fourth-order valence-electron chi connectivity index (χ4n) is 2.15. The first-order chi connectivity index (χ1) is 9.09. The van der Waals surface area contributed by atoms with E-state index in [9.17, 15) is 4.79 Å². The highest BCUT2D eigenvalue weighted by molar-refractivity contribution is 5.85. The van der Waals surface area contributed by atoms with Crippen molar-refractivity contribution >= 4 is 18.3 Å². The molecule has 0 radical (unpaired) electrons. The number of amides is 1. The summed E-state index contributed by atoms with van der Waals surface area (Å²) in [6, 6.07) is 10.2. The predicted molar refractivity (Wildman–Crippen MR) is 82.3 cm³/mol. The lowest BCUT2D eigenvalue weighted by molar-refractivity contribution is -0.134. The topological polar surface area (TPSA) is 50.4 Å². The Hall–Kier alpha value is -1.10. The molecule has 1 unspecified atom stereocenters. The molecule has 1 aliphatic rings. The van der Waals surface area contributed by atoms with E-state index < -0.39 is 0 Å². The molecule has 0 spiro atoms. The molecule has 1 aromatic carbocycles. The van der Waals surface area contributed by atoms with Crippen LogP contribution in [0.2, 0.25) is 0 Å². The van der Waals surface area contributed by atoms with Crippen molar-refractivity contribution in [3.8, 4) is 0 Å². The van der Waals surface area contributed by atoms with E-state index in [0.29, 0.717) is 19.7 Å². The highest BCUT2D eigenvalue weighted by atomic mass is 35.5. The van der Waals surface area contributed by atoms with Gasteiger partial charge in [-0.25, -0.2) is 0 Å². The van der Waals surface area contributed by atoms with Gasteiger partial charge in [0.2, 0.25) is 5.91 Å². The highest BCUT2D eigenvalue weighted by Gasteiger charge is 2.25. The van der Waals surface area contributed by atoms with Gasteiger partial charge in [0.15, 0.2) is 0 Å². The molecule has 1 aromatic rings. The first-order valence-corrected chi connectivity index (χ1v) is 6.75. The molecule has 1 aliphatic heterocycles. The largest absolute Gasteiger partial charge is 0.366 e. The van der Waals surface area contributed by atoms with Gasteiger partial charge in [0.05, 0.1) is 6.61 Å². The molecule has 1 atom stereocenters. The van der Waals surface area contributed by atoms with Crippen molar-refractivity contribution in [2.24, 2.45) is 0 Å². The standard InChI is InChI=1S/C15H22N2O2.ClH/c1-15(2,12-6-4-3-5-7-12)11-17-14(18)13-10-16-8-9-19-13;/h3-7,13,16H,8-11H2,1-2H3,(H,17,18);1H. The lowest BCUT2D eigenvalue weighted by atomic mass is 9.84. The maximum atomic E-state index is 12.0. The zero-order valence-electron chi connectivity index (χ0n) is 12.0. The lowest BCUT2D eigenvalue weighted by Gasteiger charge is -2.28. The van der Waals surface area contributed by atoms with Crippen LogP contribution in [-0.2, 0) is 14.9 Å². The summed E-state index contributed by atoms with van der Waals surface area (Å²) in [6.07, 6.45) is -0.361. The van der Waals surface area contributed by atoms with Crippen molar-refractivity contribution in [1.82, 2.24) is 10.6 Å². The van der Waals surface area contributed by atoms with Gasteiger partial charge in [0.1, 0.15) is 6.10 Å². The molecule has 5 heteroatoms. The zero-order chi connectivity index (χ0) is 13.7. The Labute approximate surface area is 126 Å². The molecule has 0 bridgehead atoms. The van der Waals surface area contributed by atoms with Gasteiger partial charge in [0, 0.05) is 25.0 Å². The third-order valence-electron chi connectivity index (χ3n) is 3.48. The van der Waals surface area contributed by atoms with Crippen LogP contribution in [0.4, 0.5) is 0 Å². The summed E-state index contributed by atoms with van der Waals surface area (Å²) < 4.78 is 5.44. The molecule has 2 N–H and O–H groups in total. The minimum absolute atomic E-state index is 0. The van der Waals surface area contributed by atoms with E-state index in [-0.39, 0.29) is 29.8 Å². The zero-order valence-corrected chi connectivity index (χ0v) is 12.8. The van der Waals surface area contributed by atoms with Gasteiger partial charge < -0.3 is 15.4 Å². The van der Waals surface area contributed by atoms with Crippen LogP contribution >= 0.6 is 12.4 Å². The molecule has 0 aliphatic carbocycles. The van der Waals surface area contributed by atoms with Crippen molar-refractivity contribution in [1.29, 1.82) is 0 Å². The van der Waals surface area contributed by atoms with E-state index in [1.54, 1.807) is 0 Å². The SMILES string of the molecule is CC(C)(CNC(=O)C1CNCCO1)c1ccccc1.Cl. The number of hydrogen-bond acceptors (Lipinski definition) is 3. The molecule has 20 heavy (non-hydrogen) atoms. The monoisotopic (exact) mass is 298 g/mol. The summed E-state index contributed by atoms with van der Waals surface area (Å²) in [5, 5.41) is 6.15. The molecule has 1 heterocycles. The van der Waals surface area contributed by atoms with E-state index in [2.05, 4.69) is 36.6 Å². The molecule has 1 amide bonds. The van der Waals surface area contributed by atoms with E-state index in [4.69, 9.17) is 4.74 Å². The second kappa shape index (κ2) is 7.62. The van der Waals surface area contributed by atoms with Gasteiger partial charge in [-0.1, -0.05) is 44.2 Å². The molecule has 0 saturated carbocycles. The maximum Gasteiger partial charge on any atom is 0.250 e. The van der Waals surface area contributed by atoms with Crippen molar-refractivity contribution in [3.05, 3.63) is 35.9 Å². The van der Waals surface area contributed by atoms with E-state index in [0.717, 1.165) is 6.54 Å². The number of carbonyl (C=O) groups is 1. The maximum absolute atomic E-state index is 12.0. The number of ether oxygens (including phenoxy) is 1. The minimum Gasteiger partial charge on any atom is -0.366 e. The second-order valence-electron chi connectivity index (χ2n) is 5.53. The first-order valence-electron chi connectivity index (χ1n) is 6.75. The first kappa shape index (κ1) is 17.0. The van der Waals surface area contributed by atoms with E-state index in [1.807, 2.05) is 18.2 Å². The Balaban J connectivity index is 0.00000200. The summed E-state index contributed by atoms with van der Waals surface area (Å²) in [5.41, 5.74) is 1.14. The molecule has 1 fully saturated rings. The predicted octanol–water partition coefficient (Wildman–Crippen LogP) is 1.49.